The minimum atomic E-state index is 0. The molecule has 0 saturated carbocycles. The summed E-state index contributed by atoms with van der Waals surface area (Å²) in [6, 6.07) is 1.83. The first-order chi connectivity index (χ1) is 10.8. The summed E-state index contributed by atoms with van der Waals surface area (Å²) >= 11 is 0. The molecule has 0 aliphatic carbocycles. The van der Waals surface area contributed by atoms with Crippen molar-refractivity contribution in [1.82, 2.24) is 20.2 Å². The van der Waals surface area contributed by atoms with Crippen molar-refractivity contribution in [3.63, 3.8) is 0 Å². The predicted octanol–water partition coefficient (Wildman–Crippen LogP) is 1.11. The van der Waals surface area contributed by atoms with Crippen LogP contribution in [0.2, 0.25) is 0 Å². The lowest BCUT2D eigenvalue weighted by molar-refractivity contribution is -0.121. The molecule has 2 heterocycles. The van der Waals surface area contributed by atoms with Gasteiger partial charge in [-0.1, -0.05) is 0 Å². The van der Waals surface area contributed by atoms with E-state index in [1.165, 1.54) is 0 Å². The fourth-order valence-electron chi connectivity index (χ4n) is 2.51. The van der Waals surface area contributed by atoms with E-state index in [4.69, 9.17) is 5.73 Å². The Morgan fingerprint density at radius 2 is 1.72 bits per heavy atom. The van der Waals surface area contributed by atoms with Gasteiger partial charge in [0, 0.05) is 51.5 Å². The zero-order valence-corrected chi connectivity index (χ0v) is 16.8. The van der Waals surface area contributed by atoms with Crippen LogP contribution in [0.5, 0.6) is 0 Å². The number of halogens is 3. The van der Waals surface area contributed by atoms with E-state index in [1.54, 1.807) is 12.4 Å². The molecule has 0 spiro atoms. The van der Waals surface area contributed by atoms with E-state index in [2.05, 4.69) is 25.1 Å². The third-order valence-electron chi connectivity index (χ3n) is 3.79. The smallest absolute Gasteiger partial charge is 0.225 e. The Morgan fingerprint density at radius 3 is 2.32 bits per heavy atom. The van der Waals surface area contributed by atoms with Crippen molar-refractivity contribution in [1.29, 1.82) is 0 Å². The number of amides is 1. The standard InChI is InChI=1S/C15H26N6O.3ClH/c16-5-1-4-14(22)17-8-3-9-20-10-12-21(13-11-20)15-18-6-2-7-19-15;;;/h2,6-7H,1,3-5,8-13,16H2,(H,17,22);3*1H. The van der Waals surface area contributed by atoms with Crippen LogP contribution in [0.1, 0.15) is 19.3 Å². The lowest BCUT2D eigenvalue weighted by atomic mass is 10.2. The van der Waals surface area contributed by atoms with Crippen LogP contribution in [-0.4, -0.2) is 66.6 Å². The van der Waals surface area contributed by atoms with Gasteiger partial charge in [-0.05, 0) is 32.0 Å². The molecule has 7 nitrogen and oxygen atoms in total. The Morgan fingerprint density at radius 1 is 1.08 bits per heavy atom. The SMILES string of the molecule is Cl.Cl.Cl.NCCCC(=O)NCCCN1CCN(c2ncccn2)CC1. The maximum atomic E-state index is 11.5. The number of hydrogen-bond acceptors (Lipinski definition) is 6. The largest absolute Gasteiger partial charge is 0.356 e. The molecule has 2 rings (SSSR count). The van der Waals surface area contributed by atoms with Crippen LogP contribution < -0.4 is 16.0 Å². The number of nitrogens with one attached hydrogen (secondary N) is 1. The van der Waals surface area contributed by atoms with Crippen LogP contribution in [0.15, 0.2) is 18.5 Å². The zero-order chi connectivity index (χ0) is 15.6. The Kier molecular flexibility index (Phi) is 16.2. The molecule has 0 bridgehead atoms. The maximum absolute atomic E-state index is 11.5. The van der Waals surface area contributed by atoms with Gasteiger partial charge >= 0.3 is 0 Å². The topological polar surface area (TPSA) is 87.4 Å². The van der Waals surface area contributed by atoms with Gasteiger partial charge in [0.05, 0.1) is 0 Å². The Balaban J connectivity index is 0. The van der Waals surface area contributed by atoms with Crippen LogP contribution >= 0.6 is 37.2 Å². The van der Waals surface area contributed by atoms with Gasteiger partial charge in [0.15, 0.2) is 0 Å². The van der Waals surface area contributed by atoms with Gasteiger partial charge in [-0.3, -0.25) is 9.69 Å². The molecule has 1 aromatic heterocycles. The first-order valence-electron chi connectivity index (χ1n) is 8.00. The summed E-state index contributed by atoms with van der Waals surface area (Å²) in [4.78, 5) is 24.7. The first-order valence-corrected chi connectivity index (χ1v) is 8.00. The Labute approximate surface area is 168 Å². The van der Waals surface area contributed by atoms with Crippen LogP contribution in [0.25, 0.3) is 0 Å². The van der Waals surface area contributed by atoms with Crippen LogP contribution in [-0.2, 0) is 4.79 Å². The molecule has 1 amide bonds. The second-order valence-electron chi connectivity index (χ2n) is 5.47. The van der Waals surface area contributed by atoms with Gasteiger partial charge in [-0.2, -0.15) is 0 Å². The number of piperazine rings is 1. The number of hydrogen-bond donors (Lipinski definition) is 2. The third-order valence-corrected chi connectivity index (χ3v) is 3.79. The second-order valence-corrected chi connectivity index (χ2v) is 5.47. The van der Waals surface area contributed by atoms with E-state index < -0.39 is 0 Å². The van der Waals surface area contributed by atoms with E-state index in [0.29, 0.717) is 13.0 Å². The van der Waals surface area contributed by atoms with Crippen molar-refractivity contribution in [2.24, 2.45) is 5.73 Å². The van der Waals surface area contributed by atoms with Crippen LogP contribution in [0.3, 0.4) is 0 Å². The van der Waals surface area contributed by atoms with Gasteiger partial charge in [-0.15, -0.1) is 37.2 Å². The van der Waals surface area contributed by atoms with E-state index in [9.17, 15) is 4.79 Å². The summed E-state index contributed by atoms with van der Waals surface area (Å²) in [6.07, 6.45) is 5.84. The summed E-state index contributed by atoms with van der Waals surface area (Å²) in [5, 5.41) is 2.94. The highest BCUT2D eigenvalue weighted by molar-refractivity contribution is 5.86. The highest BCUT2D eigenvalue weighted by Gasteiger charge is 2.18. The minimum Gasteiger partial charge on any atom is -0.356 e. The molecule has 1 saturated heterocycles. The van der Waals surface area contributed by atoms with Crippen molar-refractivity contribution >= 4 is 49.1 Å². The van der Waals surface area contributed by atoms with Crippen molar-refractivity contribution in [2.75, 3.05) is 50.7 Å². The summed E-state index contributed by atoms with van der Waals surface area (Å²) in [5.74, 6) is 0.922. The molecule has 10 heteroatoms. The van der Waals surface area contributed by atoms with Crippen molar-refractivity contribution < 1.29 is 4.79 Å². The quantitative estimate of drug-likeness (QED) is 0.618. The Hall–Kier alpha value is -0.860. The number of anilines is 1. The number of nitrogens with two attached hydrogens (primary N) is 1. The monoisotopic (exact) mass is 414 g/mol. The van der Waals surface area contributed by atoms with Crippen molar-refractivity contribution in [2.45, 2.75) is 19.3 Å². The third kappa shape index (κ3) is 10.0. The van der Waals surface area contributed by atoms with Crippen molar-refractivity contribution in [3.8, 4) is 0 Å². The summed E-state index contributed by atoms with van der Waals surface area (Å²) in [7, 11) is 0. The lowest BCUT2D eigenvalue weighted by Gasteiger charge is -2.34. The predicted molar refractivity (Wildman–Crippen MR) is 108 cm³/mol. The summed E-state index contributed by atoms with van der Waals surface area (Å²) in [5.41, 5.74) is 5.38. The average Bonchev–Trinajstić information content (AvgIpc) is 2.58. The van der Waals surface area contributed by atoms with Gasteiger partial charge < -0.3 is 16.0 Å². The molecule has 146 valence electrons. The first kappa shape index (κ1) is 26.4. The Bertz CT molecular complexity index is 446. The molecular formula is C15H29Cl3N6O. The van der Waals surface area contributed by atoms with Gasteiger partial charge in [0.2, 0.25) is 11.9 Å². The molecule has 0 atom stereocenters. The molecule has 0 aromatic carbocycles. The molecular weight excluding hydrogens is 387 g/mol. The molecule has 1 fully saturated rings. The highest BCUT2D eigenvalue weighted by Crippen LogP contribution is 2.09. The number of nitrogens with zero attached hydrogens (tertiary/aromatic N) is 4. The van der Waals surface area contributed by atoms with E-state index in [-0.39, 0.29) is 43.1 Å². The van der Waals surface area contributed by atoms with Gasteiger partial charge in [-0.25, -0.2) is 9.97 Å². The van der Waals surface area contributed by atoms with E-state index >= 15 is 0 Å². The van der Waals surface area contributed by atoms with E-state index in [1.807, 2.05) is 6.07 Å². The van der Waals surface area contributed by atoms with Crippen LogP contribution in [0, 0.1) is 0 Å². The maximum Gasteiger partial charge on any atom is 0.225 e. The number of aromatic nitrogens is 2. The highest BCUT2D eigenvalue weighted by atomic mass is 35.5. The zero-order valence-electron chi connectivity index (χ0n) is 14.3. The summed E-state index contributed by atoms with van der Waals surface area (Å²) < 4.78 is 0. The normalized spacial score (nSPS) is 13.9. The number of carbonyl (C=O) groups is 1. The molecule has 0 radical (unpaired) electrons. The average molecular weight is 416 g/mol. The summed E-state index contributed by atoms with van der Waals surface area (Å²) in [6.45, 7) is 6.26. The number of carbonyl (C=O) groups excluding carboxylic acids is 1. The van der Waals surface area contributed by atoms with E-state index in [0.717, 1.165) is 58.1 Å². The molecule has 3 N–H and O–H groups in total. The fourth-order valence-corrected chi connectivity index (χ4v) is 2.51. The minimum absolute atomic E-state index is 0. The number of rotatable bonds is 8. The second kappa shape index (κ2) is 15.4. The lowest BCUT2D eigenvalue weighted by Crippen LogP contribution is -2.47. The van der Waals surface area contributed by atoms with Gasteiger partial charge in [0.25, 0.3) is 0 Å². The molecule has 1 aromatic rings. The molecule has 25 heavy (non-hydrogen) atoms. The van der Waals surface area contributed by atoms with Gasteiger partial charge in [0.1, 0.15) is 0 Å². The molecule has 1 aliphatic heterocycles. The molecule has 0 unspecified atom stereocenters. The molecule has 1 aliphatic rings. The van der Waals surface area contributed by atoms with Crippen molar-refractivity contribution in [3.05, 3.63) is 18.5 Å². The van der Waals surface area contributed by atoms with Crippen LogP contribution in [0.4, 0.5) is 5.95 Å². The fraction of sp³-hybridized carbons (Fsp3) is 0.667.